The van der Waals surface area contributed by atoms with Crippen LogP contribution in [0.1, 0.15) is 11.3 Å². The summed E-state index contributed by atoms with van der Waals surface area (Å²) in [5.74, 6) is -0.000560. The molecule has 0 fully saturated rings. The smallest absolute Gasteiger partial charge is 0.433 e. The van der Waals surface area contributed by atoms with Crippen molar-refractivity contribution in [2.45, 2.75) is 11.9 Å². The number of hydrogen-bond donors (Lipinski definition) is 1. The first-order chi connectivity index (χ1) is 12.7. The molecule has 3 aromatic rings. The van der Waals surface area contributed by atoms with Crippen LogP contribution in [-0.2, 0) is 23.0 Å². The molecule has 0 bridgehead atoms. The van der Waals surface area contributed by atoms with Crippen molar-refractivity contribution in [2.75, 3.05) is 5.73 Å². The fraction of sp³-hybridized carbons (Fsp3) is 0.111. The Morgan fingerprint density at radius 1 is 1.00 bits per heavy atom. The van der Waals surface area contributed by atoms with E-state index in [2.05, 4.69) is 9.97 Å². The highest BCUT2D eigenvalue weighted by atomic mass is 32.2. The Morgan fingerprint density at radius 3 is 2.33 bits per heavy atom. The third-order valence-electron chi connectivity index (χ3n) is 3.85. The van der Waals surface area contributed by atoms with Crippen molar-refractivity contribution < 1.29 is 21.9 Å². The number of hydrogen-bond acceptors (Lipinski definition) is 5. The minimum Gasteiger partial charge on any atom is -0.772 e. The number of anilines is 1. The normalized spacial score (nSPS) is 12.7. The largest absolute Gasteiger partial charge is 0.772 e. The summed E-state index contributed by atoms with van der Waals surface area (Å²) in [7, 11) is 0. The fourth-order valence-corrected chi connectivity index (χ4v) is 3.01. The van der Waals surface area contributed by atoms with Crippen molar-refractivity contribution in [3.05, 3.63) is 66.1 Å². The summed E-state index contributed by atoms with van der Waals surface area (Å²) in [5.41, 5.74) is 7.44. The molecule has 9 heteroatoms. The van der Waals surface area contributed by atoms with E-state index in [1.54, 1.807) is 30.3 Å². The van der Waals surface area contributed by atoms with Crippen LogP contribution in [0.25, 0.3) is 22.3 Å². The van der Waals surface area contributed by atoms with Gasteiger partial charge in [-0.15, -0.1) is 0 Å². The lowest BCUT2D eigenvalue weighted by Crippen LogP contribution is -2.07. The summed E-state index contributed by atoms with van der Waals surface area (Å²) in [5, 5.41) is 0. The third-order valence-corrected chi connectivity index (χ3v) is 4.42. The van der Waals surface area contributed by atoms with E-state index in [1.165, 1.54) is 12.3 Å². The average molecular weight is 392 g/mol. The molecule has 3 rings (SSSR count). The van der Waals surface area contributed by atoms with Gasteiger partial charge in [-0.25, -0.2) is 4.98 Å². The van der Waals surface area contributed by atoms with Crippen LogP contribution in [0.2, 0.25) is 0 Å². The number of rotatable bonds is 4. The number of halogens is 3. The molecule has 0 radical (unpaired) electrons. The van der Waals surface area contributed by atoms with Gasteiger partial charge in [-0.3, -0.25) is 9.19 Å². The highest BCUT2D eigenvalue weighted by Gasteiger charge is 2.32. The first-order valence-electron chi connectivity index (χ1n) is 7.68. The van der Waals surface area contributed by atoms with Gasteiger partial charge >= 0.3 is 6.18 Å². The quantitative estimate of drug-likeness (QED) is 0.682. The summed E-state index contributed by atoms with van der Waals surface area (Å²) in [6, 6.07) is 10.7. The highest BCUT2D eigenvalue weighted by Crippen LogP contribution is 2.33. The molecule has 0 amide bonds. The fourth-order valence-electron chi connectivity index (χ4n) is 2.55. The summed E-state index contributed by atoms with van der Waals surface area (Å²) >= 11 is -2.19. The second kappa shape index (κ2) is 7.45. The lowest BCUT2D eigenvalue weighted by Gasteiger charge is -2.11. The third kappa shape index (κ3) is 4.50. The van der Waals surface area contributed by atoms with Crippen molar-refractivity contribution >= 4 is 16.9 Å². The Kier molecular flexibility index (Phi) is 5.24. The zero-order valence-corrected chi connectivity index (χ0v) is 14.6. The van der Waals surface area contributed by atoms with Gasteiger partial charge in [0.2, 0.25) is 0 Å². The maximum atomic E-state index is 12.9. The van der Waals surface area contributed by atoms with Gasteiger partial charge in [0.25, 0.3) is 0 Å². The Morgan fingerprint density at radius 2 is 1.70 bits per heavy atom. The van der Waals surface area contributed by atoms with Gasteiger partial charge < -0.3 is 10.3 Å². The van der Waals surface area contributed by atoms with E-state index in [9.17, 15) is 21.9 Å². The minimum absolute atomic E-state index is 0.0939. The van der Waals surface area contributed by atoms with Gasteiger partial charge in [0.05, 0.1) is 0 Å². The summed E-state index contributed by atoms with van der Waals surface area (Å²) < 4.78 is 60.2. The number of benzene rings is 1. The molecular weight excluding hydrogens is 379 g/mol. The number of nitrogens with two attached hydrogens (primary N) is 1. The van der Waals surface area contributed by atoms with Crippen molar-refractivity contribution in [3.63, 3.8) is 0 Å². The molecule has 0 aliphatic rings. The zero-order valence-electron chi connectivity index (χ0n) is 13.7. The Hall–Kier alpha value is -2.78. The Bertz CT molecular complexity index is 992. The van der Waals surface area contributed by atoms with E-state index >= 15 is 0 Å². The minimum atomic E-state index is -4.56. The van der Waals surface area contributed by atoms with Crippen LogP contribution in [0.4, 0.5) is 19.0 Å². The molecule has 27 heavy (non-hydrogen) atoms. The second-order valence-corrected chi connectivity index (χ2v) is 6.63. The maximum absolute atomic E-state index is 12.9. The Balaban J connectivity index is 1.99. The highest BCUT2D eigenvalue weighted by molar-refractivity contribution is 7.78. The van der Waals surface area contributed by atoms with E-state index in [4.69, 9.17) is 5.73 Å². The summed E-state index contributed by atoms with van der Waals surface area (Å²) in [6.45, 7) is 0. The molecule has 5 nitrogen and oxygen atoms in total. The van der Waals surface area contributed by atoms with Gasteiger partial charge in [0.1, 0.15) is 11.5 Å². The predicted octanol–water partition coefficient (Wildman–Crippen LogP) is 3.79. The van der Waals surface area contributed by atoms with E-state index in [0.29, 0.717) is 16.7 Å². The lowest BCUT2D eigenvalue weighted by molar-refractivity contribution is -0.141. The number of alkyl halides is 3. The van der Waals surface area contributed by atoms with Crippen LogP contribution in [0.15, 0.2) is 54.9 Å². The molecule has 140 valence electrons. The summed E-state index contributed by atoms with van der Waals surface area (Å²) in [6.07, 6.45) is -1.99. The molecule has 1 atom stereocenters. The molecule has 2 heterocycles. The molecular formula is C18H13F3N3O2S-. The van der Waals surface area contributed by atoms with Gasteiger partial charge in [-0.05, 0) is 34.9 Å². The summed E-state index contributed by atoms with van der Waals surface area (Å²) in [4.78, 5) is 7.42. The van der Waals surface area contributed by atoms with E-state index in [0.717, 1.165) is 17.8 Å². The Labute approximate surface area is 155 Å². The molecule has 0 spiro atoms. The van der Waals surface area contributed by atoms with E-state index in [-0.39, 0.29) is 17.1 Å². The first kappa shape index (κ1) is 19.0. The maximum Gasteiger partial charge on any atom is 0.433 e. The van der Waals surface area contributed by atoms with Crippen LogP contribution in [0.5, 0.6) is 0 Å². The van der Waals surface area contributed by atoms with Crippen LogP contribution in [0.3, 0.4) is 0 Å². The number of aromatic nitrogens is 2. The first-order valence-corrected chi connectivity index (χ1v) is 8.93. The molecule has 1 aromatic carbocycles. The van der Waals surface area contributed by atoms with E-state index < -0.39 is 23.0 Å². The molecule has 2 aromatic heterocycles. The van der Waals surface area contributed by atoms with E-state index in [1.807, 2.05) is 0 Å². The molecule has 0 saturated heterocycles. The zero-order chi connectivity index (χ0) is 19.6. The number of nitrogen functional groups attached to an aromatic ring is 1. The average Bonchev–Trinajstić information content (AvgIpc) is 2.62. The van der Waals surface area contributed by atoms with Gasteiger partial charge in [0.15, 0.2) is 0 Å². The lowest BCUT2D eigenvalue weighted by atomic mass is 10.0. The van der Waals surface area contributed by atoms with Crippen LogP contribution < -0.4 is 5.73 Å². The second-order valence-electron chi connectivity index (χ2n) is 5.73. The van der Waals surface area contributed by atoms with Gasteiger partial charge in [-0.1, -0.05) is 35.3 Å². The standard InChI is InChI=1S/C18H14F3N3O2S/c19-18(20,21)16-8-13(5-6-23-16)15-7-14(9-24-17(15)22)12-3-1-11(2-4-12)10-27(25)26/h1-9H,10H2,(H2,22,24)(H,25,26)/p-1. The van der Waals surface area contributed by atoms with Crippen LogP contribution >= 0.6 is 0 Å². The molecule has 1 unspecified atom stereocenters. The monoisotopic (exact) mass is 392 g/mol. The van der Waals surface area contributed by atoms with Crippen molar-refractivity contribution in [1.82, 2.24) is 9.97 Å². The van der Waals surface area contributed by atoms with Crippen molar-refractivity contribution in [1.29, 1.82) is 0 Å². The van der Waals surface area contributed by atoms with Crippen molar-refractivity contribution in [3.8, 4) is 22.3 Å². The van der Waals surface area contributed by atoms with Crippen LogP contribution in [-0.4, -0.2) is 18.7 Å². The number of pyridine rings is 2. The molecule has 0 aliphatic carbocycles. The molecule has 2 N–H and O–H groups in total. The predicted molar refractivity (Wildman–Crippen MR) is 94.9 cm³/mol. The SMILES string of the molecule is Nc1ncc(-c2ccc(CS(=O)[O-])cc2)cc1-c1ccnc(C(F)(F)F)c1. The van der Waals surface area contributed by atoms with Crippen molar-refractivity contribution in [2.24, 2.45) is 0 Å². The topological polar surface area (TPSA) is 91.9 Å². The van der Waals surface area contributed by atoms with Gasteiger partial charge in [0, 0.05) is 29.3 Å². The molecule has 0 aliphatic heterocycles. The molecule has 0 saturated carbocycles. The number of nitrogens with zero attached hydrogens (tertiary/aromatic N) is 2. The van der Waals surface area contributed by atoms with Crippen LogP contribution in [0, 0.1) is 0 Å². The van der Waals surface area contributed by atoms with Gasteiger partial charge in [-0.2, -0.15) is 13.2 Å².